The molecule has 0 spiro atoms. The second kappa shape index (κ2) is 6.77. The molecule has 128 valence electrons. The van der Waals surface area contributed by atoms with Gasteiger partial charge in [0.05, 0.1) is 11.9 Å². The summed E-state index contributed by atoms with van der Waals surface area (Å²) in [6.07, 6.45) is 6.16. The molecule has 1 aliphatic carbocycles. The van der Waals surface area contributed by atoms with E-state index in [1.807, 2.05) is 24.5 Å². The van der Waals surface area contributed by atoms with Crippen LogP contribution in [0.15, 0.2) is 40.3 Å². The number of thioether (sulfide) groups is 1. The van der Waals surface area contributed by atoms with Gasteiger partial charge in [-0.15, -0.1) is 11.3 Å². The molecule has 0 atom stereocenters. The van der Waals surface area contributed by atoms with E-state index in [4.69, 9.17) is 4.98 Å². The molecule has 6 heteroatoms. The van der Waals surface area contributed by atoms with Crippen LogP contribution in [0.4, 0.5) is 0 Å². The summed E-state index contributed by atoms with van der Waals surface area (Å²) in [5.41, 5.74) is 1.71. The maximum atomic E-state index is 13.2. The number of nitrogens with zero attached hydrogens (tertiary/aromatic N) is 2. The molecule has 0 saturated carbocycles. The zero-order valence-electron chi connectivity index (χ0n) is 13.9. The molecule has 0 radical (unpaired) electrons. The van der Waals surface area contributed by atoms with Crippen LogP contribution in [-0.2, 0) is 19.4 Å². The van der Waals surface area contributed by atoms with Crippen LogP contribution >= 0.6 is 23.1 Å². The van der Waals surface area contributed by atoms with Gasteiger partial charge in [0.15, 0.2) is 10.9 Å². The van der Waals surface area contributed by atoms with Gasteiger partial charge in [-0.1, -0.05) is 42.1 Å². The van der Waals surface area contributed by atoms with Gasteiger partial charge < -0.3 is 0 Å². The maximum Gasteiger partial charge on any atom is 0.263 e. The Morgan fingerprint density at radius 3 is 2.76 bits per heavy atom. The van der Waals surface area contributed by atoms with Crippen molar-refractivity contribution in [3.05, 3.63) is 56.7 Å². The monoisotopic (exact) mass is 370 g/mol. The number of aryl methyl sites for hydroxylation is 2. The molecule has 0 aliphatic heterocycles. The number of benzene rings is 1. The van der Waals surface area contributed by atoms with Crippen LogP contribution in [0.25, 0.3) is 10.2 Å². The van der Waals surface area contributed by atoms with Gasteiger partial charge in [0.2, 0.25) is 0 Å². The van der Waals surface area contributed by atoms with Crippen molar-refractivity contribution in [2.75, 3.05) is 6.26 Å². The third-order valence-electron chi connectivity index (χ3n) is 4.62. The molecule has 0 amide bonds. The molecule has 0 unspecified atom stereocenters. The number of carbonyl (C=O) groups excluding carboxylic acids is 1. The highest BCUT2D eigenvalue weighted by molar-refractivity contribution is 7.98. The summed E-state index contributed by atoms with van der Waals surface area (Å²) in [6.45, 7) is 0.0343. The molecule has 0 N–H and O–H groups in total. The molecule has 2 aromatic heterocycles. The van der Waals surface area contributed by atoms with Crippen molar-refractivity contribution >= 4 is 39.1 Å². The highest BCUT2D eigenvalue weighted by atomic mass is 32.2. The minimum Gasteiger partial charge on any atom is -0.292 e. The predicted octanol–water partition coefficient (Wildman–Crippen LogP) is 3.94. The molecule has 0 fully saturated rings. The van der Waals surface area contributed by atoms with Crippen molar-refractivity contribution in [1.82, 2.24) is 9.55 Å². The van der Waals surface area contributed by atoms with Gasteiger partial charge in [-0.3, -0.25) is 14.2 Å². The average molecular weight is 370 g/mol. The normalized spacial score (nSPS) is 13.8. The lowest BCUT2D eigenvalue weighted by Gasteiger charge is -2.12. The molecule has 2 heterocycles. The Morgan fingerprint density at radius 1 is 1.24 bits per heavy atom. The predicted molar refractivity (Wildman–Crippen MR) is 103 cm³/mol. The van der Waals surface area contributed by atoms with E-state index in [0.29, 0.717) is 10.7 Å². The zero-order chi connectivity index (χ0) is 17.4. The summed E-state index contributed by atoms with van der Waals surface area (Å²) < 4.78 is 1.55. The van der Waals surface area contributed by atoms with E-state index in [2.05, 4.69) is 0 Å². The SMILES string of the molecule is CSc1nc2sc3c(c2c(=O)n1CC(=O)c1ccccc1)CCCC3. The van der Waals surface area contributed by atoms with Gasteiger partial charge in [-0.05, 0) is 37.5 Å². The van der Waals surface area contributed by atoms with Gasteiger partial charge in [0.25, 0.3) is 5.56 Å². The third kappa shape index (κ3) is 2.93. The van der Waals surface area contributed by atoms with Gasteiger partial charge >= 0.3 is 0 Å². The standard InChI is InChI=1S/C19H18N2O2S2/c1-24-19-20-17-16(13-9-5-6-10-15(13)25-17)18(23)21(19)11-14(22)12-7-3-2-4-8-12/h2-4,7-8H,5-6,9-11H2,1H3. The number of Topliss-reactive ketones (excluding diaryl/α,β-unsaturated/α-hetero) is 1. The lowest BCUT2D eigenvalue weighted by Crippen LogP contribution is -2.27. The van der Waals surface area contributed by atoms with Crippen LogP contribution in [0.3, 0.4) is 0 Å². The number of fused-ring (bicyclic) bond motifs is 3. The summed E-state index contributed by atoms with van der Waals surface area (Å²) >= 11 is 3.06. The van der Waals surface area contributed by atoms with E-state index < -0.39 is 0 Å². The van der Waals surface area contributed by atoms with E-state index in [9.17, 15) is 9.59 Å². The fraction of sp³-hybridized carbons (Fsp3) is 0.316. The second-order valence-electron chi connectivity index (χ2n) is 6.17. The van der Waals surface area contributed by atoms with Crippen LogP contribution in [0.5, 0.6) is 0 Å². The van der Waals surface area contributed by atoms with E-state index >= 15 is 0 Å². The molecule has 1 aromatic carbocycles. The molecular weight excluding hydrogens is 352 g/mol. The first kappa shape index (κ1) is 16.5. The molecule has 3 aromatic rings. The summed E-state index contributed by atoms with van der Waals surface area (Å²) in [7, 11) is 0. The highest BCUT2D eigenvalue weighted by Crippen LogP contribution is 2.34. The Morgan fingerprint density at radius 2 is 2.00 bits per heavy atom. The molecule has 0 saturated heterocycles. The maximum absolute atomic E-state index is 13.2. The van der Waals surface area contributed by atoms with Gasteiger partial charge in [0.1, 0.15) is 4.83 Å². The Labute approximate surface area is 153 Å². The summed E-state index contributed by atoms with van der Waals surface area (Å²) in [5, 5.41) is 1.35. The van der Waals surface area contributed by atoms with Crippen molar-refractivity contribution in [2.24, 2.45) is 0 Å². The van der Waals surface area contributed by atoms with E-state index in [1.165, 1.54) is 23.1 Å². The Kier molecular flexibility index (Phi) is 4.48. The second-order valence-corrected chi connectivity index (χ2v) is 8.03. The minimum atomic E-state index is -0.0713. The molecule has 0 bridgehead atoms. The lowest BCUT2D eigenvalue weighted by molar-refractivity contribution is 0.0967. The Hall–Kier alpha value is -1.92. The van der Waals surface area contributed by atoms with Crippen LogP contribution in [-0.4, -0.2) is 21.6 Å². The number of rotatable bonds is 4. The molecule has 1 aliphatic rings. The van der Waals surface area contributed by atoms with Crippen LogP contribution in [0.1, 0.15) is 33.6 Å². The largest absolute Gasteiger partial charge is 0.292 e. The van der Waals surface area contributed by atoms with E-state index in [-0.39, 0.29) is 17.9 Å². The highest BCUT2D eigenvalue weighted by Gasteiger charge is 2.22. The molecular formula is C19H18N2O2S2. The first-order valence-corrected chi connectivity index (χ1v) is 10.4. The quantitative estimate of drug-likeness (QED) is 0.396. The number of carbonyl (C=O) groups is 1. The van der Waals surface area contributed by atoms with Gasteiger partial charge in [0, 0.05) is 10.4 Å². The van der Waals surface area contributed by atoms with Crippen LogP contribution in [0, 0.1) is 0 Å². The van der Waals surface area contributed by atoms with Gasteiger partial charge in [-0.2, -0.15) is 0 Å². The average Bonchev–Trinajstić information content (AvgIpc) is 3.03. The summed E-state index contributed by atoms with van der Waals surface area (Å²) in [6, 6.07) is 9.11. The molecule has 4 nitrogen and oxygen atoms in total. The summed E-state index contributed by atoms with van der Waals surface area (Å²) in [4.78, 5) is 32.6. The third-order valence-corrected chi connectivity index (χ3v) is 6.48. The fourth-order valence-corrected chi connectivity index (χ4v) is 5.23. The minimum absolute atomic E-state index is 0.0343. The number of thiophene rings is 1. The smallest absolute Gasteiger partial charge is 0.263 e. The van der Waals surface area contributed by atoms with Crippen molar-refractivity contribution in [2.45, 2.75) is 37.4 Å². The molecule has 25 heavy (non-hydrogen) atoms. The Bertz CT molecular complexity index is 1010. The fourth-order valence-electron chi connectivity index (χ4n) is 3.37. The Balaban J connectivity index is 1.84. The van der Waals surface area contributed by atoms with Gasteiger partial charge in [-0.25, -0.2) is 4.98 Å². The van der Waals surface area contributed by atoms with E-state index in [1.54, 1.807) is 28.0 Å². The first-order valence-electron chi connectivity index (χ1n) is 8.36. The summed E-state index contributed by atoms with van der Waals surface area (Å²) in [5.74, 6) is -0.0664. The number of hydrogen-bond acceptors (Lipinski definition) is 5. The van der Waals surface area contributed by atoms with Crippen molar-refractivity contribution in [3.63, 3.8) is 0 Å². The van der Waals surface area contributed by atoms with Crippen molar-refractivity contribution in [3.8, 4) is 0 Å². The first-order chi connectivity index (χ1) is 12.2. The van der Waals surface area contributed by atoms with E-state index in [0.717, 1.165) is 35.0 Å². The number of ketones is 1. The number of hydrogen-bond donors (Lipinski definition) is 0. The zero-order valence-corrected chi connectivity index (χ0v) is 15.6. The van der Waals surface area contributed by atoms with Crippen LogP contribution in [0.2, 0.25) is 0 Å². The molecule has 4 rings (SSSR count). The van der Waals surface area contributed by atoms with Crippen LogP contribution < -0.4 is 5.56 Å². The van der Waals surface area contributed by atoms with Crippen molar-refractivity contribution in [1.29, 1.82) is 0 Å². The van der Waals surface area contributed by atoms with Crippen molar-refractivity contribution < 1.29 is 4.79 Å². The topological polar surface area (TPSA) is 52.0 Å². The lowest BCUT2D eigenvalue weighted by atomic mass is 9.97. The number of aromatic nitrogens is 2.